The summed E-state index contributed by atoms with van der Waals surface area (Å²) in [5.74, 6) is -0.435. The molecule has 106 valence electrons. The molecule has 0 aliphatic heterocycles. The maximum Gasteiger partial charge on any atom is 0.142 e. The minimum Gasteiger partial charge on any atom is -0.378 e. The Morgan fingerprint density at radius 2 is 2.11 bits per heavy atom. The lowest BCUT2D eigenvalue weighted by Crippen LogP contribution is -2.46. The summed E-state index contributed by atoms with van der Waals surface area (Å²) in [6.07, 6.45) is 2.29. The monoisotopic (exact) mass is 305 g/mol. The molecule has 0 amide bonds. The number of rotatable bonds is 5. The molecule has 0 spiro atoms. The van der Waals surface area contributed by atoms with Crippen LogP contribution in [-0.2, 0) is 4.74 Å². The van der Waals surface area contributed by atoms with Crippen LogP contribution in [-0.4, -0.2) is 18.8 Å². The van der Waals surface area contributed by atoms with Gasteiger partial charge in [-0.15, -0.1) is 0 Å². The van der Waals surface area contributed by atoms with Crippen molar-refractivity contribution in [2.24, 2.45) is 0 Å². The molecule has 19 heavy (non-hydrogen) atoms. The lowest BCUT2D eigenvalue weighted by molar-refractivity contribution is -0.0120. The van der Waals surface area contributed by atoms with Crippen molar-refractivity contribution >= 4 is 23.2 Å². The first-order chi connectivity index (χ1) is 9.02. The highest BCUT2D eigenvalue weighted by molar-refractivity contribution is 6.36. The largest absolute Gasteiger partial charge is 0.378 e. The maximum absolute atomic E-state index is 13.5. The van der Waals surface area contributed by atoms with E-state index < -0.39 is 5.82 Å². The molecule has 2 rings (SSSR count). The van der Waals surface area contributed by atoms with Gasteiger partial charge in [0.15, 0.2) is 0 Å². The van der Waals surface area contributed by atoms with Crippen LogP contribution < -0.4 is 5.32 Å². The molecule has 0 aromatic heterocycles. The predicted octanol–water partition coefficient (Wildman–Crippen LogP) is 4.35. The Labute approximate surface area is 123 Å². The number of nitrogens with one attached hydrogen (secondary N) is 1. The van der Waals surface area contributed by atoms with Crippen molar-refractivity contribution < 1.29 is 9.13 Å². The fourth-order valence-electron chi connectivity index (χ4n) is 2.45. The van der Waals surface area contributed by atoms with E-state index in [1.807, 2.05) is 13.8 Å². The fourth-order valence-corrected chi connectivity index (χ4v) is 3.15. The zero-order valence-corrected chi connectivity index (χ0v) is 12.6. The molecule has 0 heterocycles. The van der Waals surface area contributed by atoms with Gasteiger partial charge >= 0.3 is 0 Å². The molecular weight excluding hydrogens is 288 g/mol. The van der Waals surface area contributed by atoms with Gasteiger partial charge in [-0.1, -0.05) is 23.2 Å². The molecule has 1 saturated carbocycles. The standard InChI is InChI=1S/C14H18Cl2FNO/c1-3-19-10-6-9(7-10)18-8(2)13-11(15)4-5-12(17)14(13)16/h4-5,8-10,18H,3,6-7H2,1-2H3. The molecule has 2 nitrogen and oxygen atoms in total. The van der Waals surface area contributed by atoms with Gasteiger partial charge in [-0.25, -0.2) is 4.39 Å². The summed E-state index contributed by atoms with van der Waals surface area (Å²) >= 11 is 12.1. The second-order valence-corrected chi connectivity index (χ2v) is 5.68. The molecule has 5 heteroatoms. The second-order valence-electron chi connectivity index (χ2n) is 4.89. The number of halogens is 3. The molecule has 0 radical (unpaired) electrons. The first-order valence-electron chi connectivity index (χ1n) is 6.54. The molecule has 1 fully saturated rings. The van der Waals surface area contributed by atoms with Crippen LogP contribution in [0.2, 0.25) is 10.0 Å². The molecular formula is C14H18Cl2FNO. The Hall–Kier alpha value is -0.350. The van der Waals surface area contributed by atoms with Crippen molar-refractivity contribution in [2.45, 2.75) is 44.9 Å². The number of benzene rings is 1. The van der Waals surface area contributed by atoms with Crippen molar-refractivity contribution in [1.82, 2.24) is 5.32 Å². The van der Waals surface area contributed by atoms with E-state index in [-0.39, 0.29) is 11.1 Å². The quantitative estimate of drug-likeness (QED) is 0.817. The van der Waals surface area contributed by atoms with Crippen LogP contribution in [0.15, 0.2) is 12.1 Å². The van der Waals surface area contributed by atoms with Crippen LogP contribution in [0.3, 0.4) is 0 Å². The van der Waals surface area contributed by atoms with Crippen LogP contribution in [0.25, 0.3) is 0 Å². The van der Waals surface area contributed by atoms with Crippen molar-refractivity contribution in [3.05, 3.63) is 33.6 Å². The number of hydrogen-bond donors (Lipinski definition) is 1. The Balaban J connectivity index is 1.98. The second kappa shape index (κ2) is 6.40. The Kier molecular flexibility index (Phi) is 5.07. The summed E-state index contributed by atoms with van der Waals surface area (Å²) in [6, 6.07) is 3.13. The van der Waals surface area contributed by atoms with Gasteiger partial charge in [0.05, 0.1) is 11.1 Å². The lowest BCUT2D eigenvalue weighted by atomic mass is 9.88. The molecule has 1 unspecified atom stereocenters. The zero-order valence-electron chi connectivity index (χ0n) is 11.1. The van der Waals surface area contributed by atoms with Gasteiger partial charge in [0.1, 0.15) is 5.82 Å². The molecule has 1 aliphatic carbocycles. The van der Waals surface area contributed by atoms with E-state index >= 15 is 0 Å². The van der Waals surface area contributed by atoms with E-state index in [0.29, 0.717) is 22.7 Å². The molecule has 0 bridgehead atoms. The highest BCUT2D eigenvalue weighted by Gasteiger charge is 2.31. The van der Waals surface area contributed by atoms with Crippen molar-refractivity contribution in [3.63, 3.8) is 0 Å². The first kappa shape index (κ1) is 15.0. The molecule has 1 aromatic rings. The molecule has 1 aromatic carbocycles. The van der Waals surface area contributed by atoms with Gasteiger partial charge in [-0.3, -0.25) is 0 Å². The molecule has 1 atom stereocenters. The Morgan fingerprint density at radius 1 is 1.42 bits per heavy atom. The van der Waals surface area contributed by atoms with Crippen molar-refractivity contribution in [1.29, 1.82) is 0 Å². The third kappa shape index (κ3) is 3.40. The van der Waals surface area contributed by atoms with E-state index in [2.05, 4.69) is 5.32 Å². The summed E-state index contributed by atoms with van der Waals surface area (Å²) in [6.45, 7) is 4.69. The third-order valence-electron chi connectivity index (χ3n) is 3.50. The van der Waals surface area contributed by atoms with Crippen LogP contribution >= 0.6 is 23.2 Å². The maximum atomic E-state index is 13.5. The first-order valence-corrected chi connectivity index (χ1v) is 7.29. The summed E-state index contributed by atoms with van der Waals surface area (Å²) in [5.41, 5.74) is 0.628. The minimum absolute atomic E-state index is 0.0803. The average Bonchev–Trinajstić information content (AvgIpc) is 2.32. The third-order valence-corrected chi connectivity index (χ3v) is 4.21. The van der Waals surface area contributed by atoms with E-state index in [1.54, 1.807) is 6.07 Å². The highest BCUT2D eigenvalue weighted by atomic mass is 35.5. The summed E-state index contributed by atoms with van der Waals surface area (Å²) < 4.78 is 19.0. The summed E-state index contributed by atoms with van der Waals surface area (Å²) in [7, 11) is 0. The van der Waals surface area contributed by atoms with Gasteiger partial charge in [0.25, 0.3) is 0 Å². The smallest absolute Gasteiger partial charge is 0.142 e. The van der Waals surface area contributed by atoms with E-state index in [0.717, 1.165) is 19.4 Å². The highest BCUT2D eigenvalue weighted by Crippen LogP contribution is 2.34. The zero-order chi connectivity index (χ0) is 14.0. The minimum atomic E-state index is -0.435. The van der Waals surface area contributed by atoms with Crippen LogP contribution in [0.5, 0.6) is 0 Å². The van der Waals surface area contributed by atoms with Gasteiger partial charge < -0.3 is 10.1 Å². The van der Waals surface area contributed by atoms with Crippen LogP contribution in [0.4, 0.5) is 4.39 Å². The summed E-state index contributed by atoms with van der Waals surface area (Å²) in [4.78, 5) is 0. The van der Waals surface area contributed by atoms with Gasteiger partial charge in [-0.2, -0.15) is 0 Å². The summed E-state index contributed by atoms with van der Waals surface area (Å²) in [5, 5.41) is 4.01. The van der Waals surface area contributed by atoms with Crippen LogP contribution in [0, 0.1) is 5.82 Å². The average molecular weight is 306 g/mol. The Bertz CT molecular complexity index is 449. The molecule has 0 saturated heterocycles. The molecule has 1 aliphatic rings. The van der Waals surface area contributed by atoms with Gasteiger partial charge in [0, 0.05) is 29.3 Å². The molecule has 1 N–H and O–H groups in total. The van der Waals surface area contributed by atoms with E-state index in [4.69, 9.17) is 27.9 Å². The Morgan fingerprint density at radius 3 is 2.74 bits per heavy atom. The van der Waals surface area contributed by atoms with Crippen molar-refractivity contribution in [3.8, 4) is 0 Å². The van der Waals surface area contributed by atoms with E-state index in [1.165, 1.54) is 6.07 Å². The van der Waals surface area contributed by atoms with E-state index in [9.17, 15) is 4.39 Å². The topological polar surface area (TPSA) is 21.3 Å². The van der Waals surface area contributed by atoms with Crippen molar-refractivity contribution in [2.75, 3.05) is 6.61 Å². The predicted molar refractivity (Wildman–Crippen MR) is 76.4 cm³/mol. The normalized spacial score (nSPS) is 24.1. The van der Waals surface area contributed by atoms with Gasteiger partial charge in [0.2, 0.25) is 0 Å². The van der Waals surface area contributed by atoms with Crippen LogP contribution in [0.1, 0.15) is 38.3 Å². The number of ether oxygens (including phenoxy) is 1. The van der Waals surface area contributed by atoms with Gasteiger partial charge in [-0.05, 0) is 38.8 Å². The SMILES string of the molecule is CCOC1CC(NC(C)c2c(Cl)ccc(F)c2Cl)C1. The fraction of sp³-hybridized carbons (Fsp3) is 0.571. The lowest BCUT2D eigenvalue weighted by Gasteiger charge is -2.37. The number of hydrogen-bond acceptors (Lipinski definition) is 2.